The van der Waals surface area contributed by atoms with E-state index in [1.165, 1.54) is 7.11 Å². The zero-order valence-electron chi connectivity index (χ0n) is 11.3. The van der Waals surface area contributed by atoms with Crippen LogP contribution in [0.4, 0.5) is 0 Å². The summed E-state index contributed by atoms with van der Waals surface area (Å²) in [5, 5.41) is 0. The number of benzene rings is 1. The molecule has 0 spiro atoms. The lowest BCUT2D eigenvalue weighted by molar-refractivity contribution is -0.141. The molecule has 0 bridgehead atoms. The Balaban J connectivity index is 2.88. The van der Waals surface area contributed by atoms with Gasteiger partial charge in [0.1, 0.15) is 6.42 Å². The number of esters is 2. The highest BCUT2D eigenvalue weighted by molar-refractivity contribution is 5.91. The Labute approximate surface area is 112 Å². The van der Waals surface area contributed by atoms with Gasteiger partial charge < -0.3 is 9.47 Å². The van der Waals surface area contributed by atoms with Crippen molar-refractivity contribution in [1.82, 2.24) is 0 Å². The molecule has 0 aromatic heterocycles. The molecule has 1 aromatic carbocycles. The Hall–Kier alpha value is -2.28. The number of methoxy groups -OCH3 is 1. The highest BCUT2D eigenvalue weighted by Crippen LogP contribution is 2.13. The average Bonchev–Trinajstić information content (AvgIpc) is 2.40. The summed E-state index contributed by atoms with van der Waals surface area (Å²) in [6, 6.07) is 5.20. The molecule has 1 rings (SSSR count). The molecule has 0 saturated carbocycles. The van der Waals surface area contributed by atoms with Crippen LogP contribution in [0, 0.1) is 18.8 Å². The van der Waals surface area contributed by atoms with Crippen LogP contribution in [0.5, 0.6) is 0 Å². The topological polar surface area (TPSA) is 52.6 Å². The van der Waals surface area contributed by atoms with Crippen molar-refractivity contribution < 1.29 is 19.1 Å². The van der Waals surface area contributed by atoms with Gasteiger partial charge in [0.2, 0.25) is 0 Å². The normalized spacial score (nSPS) is 9.21. The summed E-state index contributed by atoms with van der Waals surface area (Å²) in [6.07, 6.45) is 0.0374. The van der Waals surface area contributed by atoms with Crippen LogP contribution in [-0.2, 0) is 14.3 Å². The SMILES string of the molecule is CCOC(=O)CC#Cc1cccc(C(=O)OC)c1C. The maximum atomic E-state index is 11.5. The Bertz CT molecular complexity index is 535. The molecule has 4 heteroatoms. The quantitative estimate of drug-likeness (QED) is 0.617. The Kier molecular flexibility index (Phi) is 5.62. The Morgan fingerprint density at radius 3 is 2.68 bits per heavy atom. The van der Waals surface area contributed by atoms with Crippen molar-refractivity contribution in [3.63, 3.8) is 0 Å². The Morgan fingerprint density at radius 2 is 2.05 bits per heavy atom. The molecule has 100 valence electrons. The van der Waals surface area contributed by atoms with Gasteiger partial charge in [-0.05, 0) is 31.5 Å². The van der Waals surface area contributed by atoms with E-state index in [-0.39, 0.29) is 12.4 Å². The minimum atomic E-state index is -0.397. The van der Waals surface area contributed by atoms with Gasteiger partial charge >= 0.3 is 11.9 Å². The van der Waals surface area contributed by atoms with Gasteiger partial charge in [-0.2, -0.15) is 0 Å². The van der Waals surface area contributed by atoms with Crippen LogP contribution in [0.15, 0.2) is 18.2 Å². The third-order valence-corrected chi connectivity index (χ3v) is 2.50. The number of carbonyl (C=O) groups excluding carboxylic acids is 2. The van der Waals surface area contributed by atoms with Crippen LogP contribution < -0.4 is 0 Å². The van der Waals surface area contributed by atoms with Crippen molar-refractivity contribution in [2.75, 3.05) is 13.7 Å². The Morgan fingerprint density at radius 1 is 1.32 bits per heavy atom. The summed E-state index contributed by atoms with van der Waals surface area (Å²) in [5.41, 5.74) is 1.92. The molecule has 19 heavy (non-hydrogen) atoms. The average molecular weight is 260 g/mol. The molecular formula is C15H16O4. The lowest BCUT2D eigenvalue weighted by atomic mass is 10.0. The molecule has 0 radical (unpaired) electrons. The van der Waals surface area contributed by atoms with Gasteiger partial charge in [0, 0.05) is 5.56 Å². The summed E-state index contributed by atoms with van der Waals surface area (Å²) < 4.78 is 9.46. The molecule has 4 nitrogen and oxygen atoms in total. The van der Waals surface area contributed by atoms with E-state index in [0.717, 1.165) is 5.56 Å². The number of carbonyl (C=O) groups is 2. The van der Waals surface area contributed by atoms with Crippen molar-refractivity contribution in [2.45, 2.75) is 20.3 Å². The zero-order chi connectivity index (χ0) is 14.3. The van der Waals surface area contributed by atoms with Crippen LogP contribution in [0.3, 0.4) is 0 Å². The van der Waals surface area contributed by atoms with E-state index in [1.807, 2.05) is 0 Å². The standard InChI is InChI=1S/C15H16O4/c1-4-19-14(16)10-6-8-12-7-5-9-13(11(12)2)15(17)18-3/h5,7,9H,4,10H2,1-3H3. The first-order chi connectivity index (χ1) is 9.10. The smallest absolute Gasteiger partial charge is 0.338 e. The summed E-state index contributed by atoms with van der Waals surface area (Å²) >= 11 is 0. The fraction of sp³-hybridized carbons (Fsp3) is 0.333. The van der Waals surface area contributed by atoms with Gasteiger partial charge in [-0.25, -0.2) is 4.79 Å². The van der Waals surface area contributed by atoms with Gasteiger partial charge in [-0.15, -0.1) is 0 Å². The number of hydrogen-bond donors (Lipinski definition) is 0. The fourth-order valence-corrected chi connectivity index (χ4v) is 1.53. The third kappa shape index (κ3) is 4.14. The van der Waals surface area contributed by atoms with Crippen molar-refractivity contribution >= 4 is 11.9 Å². The van der Waals surface area contributed by atoms with E-state index in [2.05, 4.69) is 16.6 Å². The summed E-state index contributed by atoms with van der Waals surface area (Å²) in [7, 11) is 1.33. The molecule has 1 aromatic rings. The lowest BCUT2D eigenvalue weighted by Gasteiger charge is -2.05. The lowest BCUT2D eigenvalue weighted by Crippen LogP contribution is -2.05. The number of hydrogen-bond acceptors (Lipinski definition) is 4. The minimum absolute atomic E-state index is 0.0374. The minimum Gasteiger partial charge on any atom is -0.465 e. The highest BCUT2D eigenvalue weighted by Gasteiger charge is 2.10. The molecule has 0 aliphatic carbocycles. The third-order valence-electron chi connectivity index (χ3n) is 2.50. The van der Waals surface area contributed by atoms with E-state index in [1.54, 1.807) is 32.0 Å². The fourth-order valence-electron chi connectivity index (χ4n) is 1.53. The summed E-state index contributed by atoms with van der Waals surface area (Å²) in [4.78, 5) is 22.7. The van der Waals surface area contributed by atoms with Crippen molar-refractivity contribution in [3.05, 3.63) is 34.9 Å². The van der Waals surface area contributed by atoms with E-state index in [0.29, 0.717) is 17.7 Å². The highest BCUT2D eigenvalue weighted by atomic mass is 16.5. The molecular weight excluding hydrogens is 244 g/mol. The van der Waals surface area contributed by atoms with E-state index >= 15 is 0 Å². The van der Waals surface area contributed by atoms with Gasteiger partial charge in [-0.3, -0.25) is 4.79 Å². The molecule has 0 atom stereocenters. The second kappa shape index (κ2) is 7.22. The van der Waals surface area contributed by atoms with E-state index in [9.17, 15) is 9.59 Å². The van der Waals surface area contributed by atoms with Crippen molar-refractivity contribution in [2.24, 2.45) is 0 Å². The van der Waals surface area contributed by atoms with Crippen LogP contribution >= 0.6 is 0 Å². The van der Waals surface area contributed by atoms with Crippen LogP contribution in [0.25, 0.3) is 0 Å². The molecule has 0 N–H and O–H groups in total. The van der Waals surface area contributed by atoms with Crippen molar-refractivity contribution in [1.29, 1.82) is 0 Å². The molecule has 0 aliphatic heterocycles. The zero-order valence-corrected chi connectivity index (χ0v) is 11.3. The first-order valence-corrected chi connectivity index (χ1v) is 5.92. The summed E-state index contributed by atoms with van der Waals surface area (Å²) in [6.45, 7) is 3.88. The predicted molar refractivity (Wildman–Crippen MR) is 70.6 cm³/mol. The second-order valence-corrected chi connectivity index (χ2v) is 3.75. The molecule has 0 aliphatic rings. The summed E-state index contributed by atoms with van der Waals surface area (Å²) in [5.74, 6) is 4.85. The largest absolute Gasteiger partial charge is 0.465 e. The van der Waals surface area contributed by atoms with Gasteiger partial charge in [-0.1, -0.05) is 17.9 Å². The molecule has 0 saturated heterocycles. The maximum absolute atomic E-state index is 11.5. The second-order valence-electron chi connectivity index (χ2n) is 3.75. The maximum Gasteiger partial charge on any atom is 0.338 e. The first kappa shape index (κ1) is 14.8. The van der Waals surface area contributed by atoms with Crippen LogP contribution in [0.2, 0.25) is 0 Å². The molecule has 0 heterocycles. The van der Waals surface area contributed by atoms with Crippen molar-refractivity contribution in [3.8, 4) is 11.8 Å². The van der Waals surface area contributed by atoms with Gasteiger partial charge in [0.05, 0.1) is 19.3 Å². The van der Waals surface area contributed by atoms with E-state index in [4.69, 9.17) is 4.74 Å². The predicted octanol–water partition coefficient (Wildman–Crippen LogP) is 2.09. The number of rotatable bonds is 3. The van der Waals surface area contributed by atoms with Gasteiger partial charge in [0.15, 0.2) is 0 Å². The monoisotopic (exact) mass is 260 g/mol. The molecule has 0 amide bonds. The van der Waals surface area contributed by atoms with Crippen LogP contribution in [0.1, 0.15) is 34.8 Å². The molecule has 0 unspecified atom stereocenters. The number of ether oxygens (including phenoxy) is 2. The van der Waals surface area contributed by atoms with Crippen LogP contribution in [-0.4, -0.2) is 25.7 Å². The van der Waals surface area contributed by atoms with Gasteiger partial charge in [0.25, 0.3) is 0 Å². The molecule has 0 fully saturated rings. The van der Waals surface area contributed by atoms with E-state index < -0.39 is 5.97 Å². The first-order valence-electron chi connectivity index (χ1n) is 5.92.